The van der Waals surface area contributed by atoms with Gasteiger partial charge in [-0.3, -0.25) is 0 Å². The Kier molecular flexibility index (Phi) is 5.68. The van der Waals surface area contributed by atoms with Crippen LogP contribution in [0.15, 0.2) is 46.2 Å². The predicted molar refractivity (Wildman–Crippen MR) is 93.2 cm³/mol. The maximum atomic E-state index is 12.2. The molecule has 0 saturated carbocycles. The van der Waals surface area contributed by atoms with Crippen molar-refractivity contribution in [2.75, 3.05) is 6.79 Å². The van der Waals surface area contributed by atoms with Gasteiger partial charge in [0.05, 0.1) is 9.79 Å². The third kappa shape index (κ3) is 4.66. The fourth-order valence-corrected chi connectivity index (χ4v) is 4.47. The van der Waals surface area contributed by atoms with Crippen LogP contribution in [0.3, 0.4) is 0 Å². The third-order valence-electron chi connectivity index (χ3n) is 3.61. The molecule has 0 spiro atoms. The average Bonchev–Trinajstić information content (AvgIpc) is 2.45. The van der Waals surface area contributed by atoms with Gasteiger partial charge in [-0.25, -0.2) is 8.37 Å². The highest BCUT2D eigenvalue weighted by Gasteiger charge is 2.22. The molecule has 0 amide bonds. The van der Waals surface area contributed by atoms with Gasteiger partial charge in [-0.05, 0) is 51.0 Å². The van der Waals surface area contributed by atoms with Crippen LogP contribution in [0.4, 0.5) is 0 Å². The van der Waals surface area contributed by atoms with Crippen LogP contribution in [0, 0.1) is 27.7 Å². The first-order valence-corrected chi connectivity index (χ1v) is 10.3. The van der Waals surface area contributed by atoms with Gasteiger partial charge < -0.3 is 0 Å². The predicted octanol–water partition coefficient (Wildman–Crippen LogP) is 2.99. The molecule has 2 rings (SSSR count). The summed E-state index contributed by atoms with van der Waals surface area (Å²) in [7, 11) is -8.24. The Hall–Kier alpha value is -1.74. The Morgan fingerprint density at radius 2 is 1.04 bits per heavy atom. The van der Waals surface area contributed by atoms with Gasteiger partial charge in [0.2, 0.25) is 0 Å². The van der Waals surface area contributed by atoms with E-state index in [2.05, 4.69) is 0 Å². The second-order valence-electron chi connectivity index (χ2n) is 5.80. The van der Waals surface area contributed by atoms with Crippen LogP contribution in [0.25, 0.3) is 0 Å². The highest BCUT2D eigenvalue weighted by molar-refractivity contribution is 7.87. The molecule has 0 saturated heterocycles. The number of rotatable bonds is 6. The molecule has 0 bridgehead atoms. The Balaban J connectivity index is 2.13. The van der Waals surface area contributed by atoms with Gasteiger partial charge >= 0.3 is 0 Å². The van der Waals surface area contributed by atoms with E-state index in [1.165, 1.54) is 12.1 Å². The normalized spacial score (nSPS) is 12.3. The molecule has 0 heterocycles. The van der Waals surface area contributed by atoms with E-state index in [-0.39, 0.29) is 9.79 Å². The van der Waals surface area contributed by atoms with Crippen LogP contribution in [0.2, 0.25) is 0 Å². The summed E-state index contributed by atoms with van der Waals surface area (Å²) < 4.78 is 58.3. The van der Waals surface area contributed by atoms with Crippen molar-refractivity contribution in [1.82, 2.24) is 0 Å². The van der Waals surface area contributed by atoms with Crippen molar-refractivity contribution in [1.29, 1.82) is 0 Å². The van der Waals surface area contributed by atoms with Crippen molar-refractivity contribution >= 4 is 20.2 Å². The first kappa shape index (κ1) is 19.6. The van der Waals surface area contributed by atoms with E-state index in [0.29, 0.717) is 11.1 Å². The molecule has 6 nitrogen and oxygen atoms in total. The second kappa shape index (κ2) is 7.25. The van der Waals surface area contributed by atoms with Crippen LogP contribution in [0.1, 0.15) is 22.3 Å². The molecule has 2 aromatic rings. The first-order valence-electron chi connectivity index (χ1n) is 7.46. The van der Waals surface area contributed by atoms with Gasteiger partial charge in [0.15, 0.2) is 6.79 Å². The van der Waals surface area contributed by atoms with Crippen molar-refractivity contribution in [3.63, 3.8) is 0 Å². The molecule has 8 heteroatoms. The van der Waals surface area contributed by atoms with Gasteiger partial charge in [0.1, 0.15) is 0 Å². The van der Waals surface area contributed by atoms with Crippen LogP contribution in [-0.4, -0.2) is 23.6 Å². The van der Waals surface area contributed by atoms with E-state index in [4.69, 9.17) is 8.37 Å². The molecule has 2 aromatic carbocycles. The minimum Gasteiger partial charge on any atom is -0.236 e. The molecular weight excluding hydrogens is 364 g/mol. The van der Waals surface area contributed by atoms with Gasteiger partial charge in [-0.1, -0.05) is 35.4 Å². The molecule has 0 N–H and O–H groups in total. The average molecular weight is 384 g/mol. The van der Waals surface area contributed by atoms with Gasteiger partial charge in [-0.2, -0.15) is 16.8 Å². The molecule has 25 heavy (non-hydrogen) atoms. The van der Waals surface area contributed by atoms with Crippen molar-refractivity contribution in [2.24, 2.45) is 0 Å². The van der Waals surface area contributed by atoms with E-state index in [9.17, 15) is 16.8 Å². The van der Waals surface area contributed by atoms with Crippen molar-refractivity contribution in [3.8, 4) is 0 Å². The summed E-state index contributed by atoms with van der Waals surface area (Å²) in [6.45, 7) is 6.02. The first-order chi connectivity index (χ1) is 11.5. The van der Waals surface area contributed by atoms with Gasteiger partial charge in [0.25, 0.3) is 20.2 Å². The monoisotopic (exact) mass is 384 g/mol. The fraction of sp³-hybridized carbons (Fsp3) is 0.294. The zero-order valence-corrected chi connectivity index (χ0v) is 16.1. The molecule has 0 fully saturated rings. The zero-order chi connectivity index (χ0) is 18.8. The molecule has 0 atom stereocenters. The van der Waals surface area contributed by atoms with Crippen LogP contribution >= 0.6 is 0 Å². The molecule has 0 aliphatic carbocycles. The molecule has 136 valence electrons. The number of hydrogen-bond donors (Lipinski definition) is 0. The second-order valence-corrected chi connectivity index (χ2v) is 8.97. The van der Waals surface area contributed by atoms with Crippen molar-refractivity contribution in [3.05, 3.63) is 58.7 Å². The van der Waals surface area contributed by atoms with Crippen LogP contribution in [0.5, 0.6) is 0 Å². The minimum absolute atomic E-state index is 0.0226. The largest absolute Gasteiger partial charge is 0.299 e. The summed E-state index contributed by atoms with van der Waals surface area (Å²) >= 11 is 0. The van der Waals surface area contributed by atoms with Crippen molar-refractivity contribution < 1.29 is 25.2 Å². The van der Waals surface area contributed by atoms with E-state index in [0.717, 1.165) is 11.1 Å². The lowest BCUT2D eigenvalue weighted by atomic mass is 10.2. The van der Waals surface area contributed by atoms with E-state index in [1.54, 1.807) is 38.1 Å². The topological polar surface area (TPSA) is 86.7 Å². The maximum Gasteiger partial charge on any atom is 0.299 e. The van der Waals surface area contributed by atoms with Crippen LogP contribution in [-0.2, 0) is 28.6 Å². The maximum absolute atomic E-state index is 12.2. The summed E-state index contributed by atoms with van der Waals surface area (Å²) in [6.07, 6.45) is 0. The summed E-state index contributed by atoms with van der Waals surface area (Å²) in [5.41, 5.74) is 2.84. The molecule has 0 unspecified atom stereocenters. The highest BCUT2D eigenvalue weighted by Crippen LogP contribution is 2.21. The minimum atomic E-state index is -4.12. The summed E-state index contributed by atoms with van der Waals surface area (Å²) in [5, 5.41) is 0. The summed E-state index contributed by atoms with van der Waals surface area (Å²) in [5.74, 6) is 0. The highest BCUT2D eigenvalue weighted by atomic mass is 32.2. The number of hydrogen-bond acceptors (Lipinski definition) is 6. The molecule has 0 aliphatic heterocycles. The lowest BCUT2D eigenvalue weighted by molar-refractivity contribution is 0.132. The molecule has 0 aliphatic rings. The fourth-order valence-electron chi connectivity index (χ4n) is 2.43. The van der Waals surface area contributed by atoms with E-state index in [1.807, 2.05) is 13.8 Å². The van der Waals surface area contributed by atoms with Crippen LogP contribution < -0.4 is 0 Å². The van der Waals surface area contributed by atoms with Crippen molar-refractivity contribution in [2.45, 2.75) is 37.5 Å². The molecule has 0 radical (unpaired) electrons. The van der Waals surface area contributed by atoms with E-state index >= 15 is 0 Å². The van der Waals surface area contributed by atoms with Gasteiger partial charge in [0, 0.05) is 0 Å². The standard InChI is InChI=1S/C17H20O6S2/c1-12-5-7-16(14(3)9-12)24(18,19)22-11-23-25(20,21)17-8-6-13(2)10-15(17)4/h5-10H,11H2,1-4H3. The lowest BCUT2D eigenvalue weighted by Gasteiger charge is -2.11. The van der Waals surface area contributed by atoms with E-state index < -0.39 is 27.0 Å². The number of aryl methyl sites for hydroxylation is 4. The smallest absolute Gasteiger partial charge is 0.236 e. The Bertz CT molecular complexity index is 910. The summed E-state index contributed by atoms with van der Waals surface area (Å²) in [6, 6.07) is 9.50. The Labute approximate surface area is 148 Å². The van der Waals surface area contributed by atoms with Gasteiger partial charge in [-0.15, -0.1) is 0 Å². The summed E-state index contributed by atoms with van der Waals surface area (Å²) in [4.78, 5) is -0.0452. The SMILES string of the molecule is Cc1ccc(S(=O)(=O)OCOS(=O)(=O)c2ccc(C)cc2C)c(C)c1. The molecular formula is C17H20O6S2. The lowest BCUT2D eigenvalue weighted by Crippen LogP contribution is -2.15. The zero-order valence-electron chi connectivity index (χ0n) is 14.4. The Morgan fingerprint density at radius 1 is 0.680 bits per heavy atom. The Morgan fingerprint density at radius 3 is 1.36 bits per heavy atom. The quantitative estimate of drug-likeness (QED) is 0.562. The molecule has 0 aromatic heterocycles. The third-order valence-corrected chi connectivity index (χ3v) is 6.41. The number of benzene rings is 2.